The van der Waals surface area contributed by atoms with Gasteiger partial charge in [-0.2, -0.15) is 0 Å². The second-order valence-electron chi connectivity index (χ2n) is 3.35. The van der Waals surface area contributed by atoms with E-state index in [0.717, 1.165) is 6.42 Å². The molecular formula is C11H21NO3. The molecule has 0 aliphatic rings. The summed E-state index contributed by atoms with van der Waals surface area (Å²) in [5.41, 5.74) is 0.622. The van der Waals surface area contributed by atoms with Gasteiger partial charge in [0, 0.05) is 25.3 Å². The summed E-state index contributed by atoms with van der Waals surface area (Å²) in [6.07, 6.45) is 2.82. The largest absolute Gasteiger partial charge is 0.466 e. The molecule has 0 heterocycles. The van der Waals surface area contributed by atoms with E-state index in [2.05, 4.69) is 17.0 Å². The molecule has 0 saturated heterocycles. The molecule has 0 aromatic rings. The highest BCUT2D eigenvalue weighted by Crippen LogP contribution is 1.95. The van der Waals surface area contributed by atoms with Crippen LogP contribution in [0.5, 0.6) is 0 Å². The smallest absolute Gasteiger partial charge is 0.333 e. The molecule has 1 atom stereocenters. The van der Waals surface area contributed by atoms with Gasteiger partial charge in [0.1, 0.15) is 0 Å². The van der Waals surface area contributed by atoms with E-state index in [0.29, 0.717) is 24.8 Å². The fourth-order valence-electron chi connectivity index (χ4n) is 1.15. The third-order valence-corrected chi connectivity index (χ3v) is 2.18. The van der Waals surface area contributed by atoms with Gasteiger partial charge in [0.05, 0.1) is 13.7 Å². The second-order valence-corrected chi connectivity index (χ2v) is 3.35. The molecular weight excluding hydrogens is 194 g/mol. The van der Waals surface area contributed by atoms with Gasteiger partial charge in [0.2, 0.25) is 0 Å². The number of hydrogen-bond acceptors (Lipinski definition) is 4. The Morgan fingerprint density at radius 3 is 2.60 bits per heavy atom. The van der Waals surface area contributed by atoms with Crippen molar-refractivity contribution in [2.75, 3.05) is 27.4 Å². The monoisotopic (exact) mass is 215 g/mol. The minimum absolute atomic E-state index is 0.281. The number of carbonyl (C=O) groups excluding carboxylic acids is 1. The van der Waals surface area contributed by atoms with Crippen LogP contribution in [-0.4, -0.2) is 39.4 Å². The summed E-state index contributed by atoms with van der Waals surface area (Å²) in [6.45, 7) is 5.17. The molecule has 0 aromatic heterocycles. The minimum atomic E-state index is -0.281. The van der Waals surface area contributed by atoms with E-state index in [-0.39, 0.29) is 5.97 Å². The van der Waals surface area contributed by atoms with E-state index in [1.54, 1.807) is 14.0 Å². The number of rotatable bonds is 7. The van der Waals surface area contributed by atoms with Crippen LogP contribution in [0, 0.1) is 0 Å². The number of carbonyl (C=O) groups is 1. The highest BCUT2D eigenvalue weighted by atomic mass is 16.5. The van der Waals surface area contributed by atoms with Crippen molar-refractivity contribution < 1.29 is 14.3 Å². The molecule has 0 amide bonds. The lowest BCUT2D eigenvalue weighted by atomic mass is 10.2. The Hall–Kier alpha value is -0.870. The fraction of sp³-hybridized carbons (Fsp3) is 0.727. The van der Waals surface area contributed by atoms with Crippen molar-refractivity contribution in [1.29, 1.82) is 0 Å². The third-order valence-electron chi connectivity index (χ3n) is 2.18. The molecule has 4 heteroatoms. The summed E-state index contributed by atoms with van der Waals surface area (Å²) in [7, 11) is 3.06. The van der Waals surface area contributed by atoms with Gasteiger partial charge in [-0.3, -0.25) is 0 Å². The van der Waals surface area contributed by atoms with Crippen molar-refractivity contribution in [3.05, 3.63) is 11.6 Å². The van der Waals surface area contributed by atoms with Gasteiger partial charge in [-0.15, -0.1) is 0 Å². The normalized spacial score (nSPS) is 13.7. The lowest BCUT2D eigenvalue weighted by molar-refractivity contribution is -0.136. The van der Waals surface area contributed by atoms with Gasteiger partial charge < -0.3 is 14.8 Å². The molecule has 0 aliphatic heterocycles. The molecule has 4 nitrogen and oxygen atoms in total. The predicted molar refractivity (Wildman–Crippen MR) is 59.7 cm³/mol. The Morgan fingerprint density at radius 2 is 2.13 bits per heavy atom. The molecule has 88 valence electrons. The zero-order valence-corrected chi connectivity index (χ0v) is 10.0. The zero-order chi connectivity index (χ0) is 11.7. The summed E-state index contributed by atoms with van der Waals surface area (Å²) in [4.78, 5) is 11.0. The average Bonchev–Trinajstić information content (AvgIpc) is 2.26. The van der Waals surface area contributed by atoms with Gasteiger partial charge >= 0.3 is 5.97 Å². The van der Waals surface area contributed by atoms with Crippen LogP contribution in [0.2, 0.25) is 0 Å². The van der Waals surface area contributed by atoms with Crippen LogP contribution in [0.15, 0.2) is 11.6 Å². The topological polar surface area (TPSA) is 47.6 Å². The molecule has 1 N–H and O–H groups in total. The van der Waals surface area contributed by atoms with E-state index < -0.39 is 0 Å². The first-order valence-corrected chi connectivity index (χ1v) is 5.13. The van der Waals surface area contributed by atoms with Crippen LogP contribution in [0.4, 0.5) is 0 Å². The van der Waals surface area contributed by atoms with Gasteiger partial charge in [-0.05, 0) is 13.3 Å². The molecule has 0 spiro atoms. The quantitative estimate of drug-likeness (QED) is 0.510. The molecule has 1 unspecified atom stereocenters. The van der Waals surface area contributed by atoms with Gasteiger partial charge in [0.25, 0.3) is 0 Å². The van der Waals surface area contributed by atoms with Crippen molar-refractivity contribution >= 4 is 5.97 Å². The van der Waals surface area contributed by atoms with Crippen molar-refractivity contribution in [2.45, 2.75) is 26.3 Å². The number of ether oxygens (including phenoxy) is 2. The van der Waals surface area contributed by atoms with Crippen LogP contribution in [0.3, 0.4) is 0 Å². The summed E-state index contributed by atoms with van der Waals surface area (Å²) < 4.78 is 9.63. The Bertz CT molecular complexity index is 214. The zero-order valence-electron chi connectivity index (χ0n) is 10.0. The fourth-order valence-corrected chi connectivity index (χ4v) is 1.15. The number of nitrogens with one attached hydrogen (secondary N) is 1. The van der Waals surface area contributed by atoms with Gasteiger partial charge in [-0.1, -0.05) is 13.0 Å². The maximum atomic E-state index is 11.0. The second kappa shape index (κ2) is 8.44. The molecule has 0 aromatic carbocycles. The first kappa shape index (κ1) is 14.1. The standard InChI is InChI=1S/C11H21NO3/c1-5-10(8-14-3)12-7-6-9(2)11(13)15-4/h6,10,12H,5,7-8H2,1-4H3/b9-6-. The number of esters is 1. The first-order valence-electron chi connectivity index (χ1n) is 5.13. The van der Waals surface area contributed by atoms with E-state index in [4.69, 9.17) is 4.74 Å². The molecule has 0 saturated carbocycles. The van der Waals surface area contributed by atoms with Crippen molar-refractivity contribution in [3.63, 3.8) is 0 Å². The van der Waals surface area contributed by atoms with E-state index >= 15 is 0 Å². The number of methoxy groups -OCH3 is 2. The average molecular weight is 215 g/mol. The van der Waals surface area contributed by atoms with Gasteiger partial charge in [-0.25, -0.2) is 4.79 Å². The highest BCUT2D eigenvalue weighted by Gasteiger charge is 2.05. The van der Waals surface area contributed by atoms with Crippen LogP contribution in [-0.2, 0) is 14.3 Å². The SMILES string of the molecule is CCC(COC)NC/C=C(/C)C(=O)OC. The number of hydrogen-bond donors (Lipinski definition) is 1. The maximum absolute atomic E-state index is 11.0. The first-order chi connectivity index (χ1) is 7.15. The molecule has 0 rings (SSSR count). The maximum Gasteiger partial charge on any atom is 0.333 e. The van der Waals surface area contributed by atoms with Crippen molar-refractivity contribution in [2.24, 2.45) is 0 Å². The lowest BCUT2D eigenvalue weighted by Crippen LogP contribution is -2.32. The van der Waals surface area contributed by atoms with E-state index in [9.17, 15) is 4.79 Å². The highest BCUT2D eigenvalue weighted by molar-refractivity contribution is 5.87. The van der Waals surface area contributed by atoms with Crippen LogP contribution in [0.1, 0.15) is 20.3 Å². The van der Waals surface area contributed by atoms with Crippen molar-refractivity contribution in [1.82, 2.24) is 5.32 Å². The summed E-state index contributed by atoms with van der Waals surface area (Å²) in [5.74, 6) is -0.281. The molecule has 0 radical (unpaired) electrons. The Kier molecular flexibility index (Phi) is 7.95. The minimum Gasteiger partial charge on any atom is -0.466 e. The van der Waals surface area contributed by atoms with E-state index in [1.165, 1.54) is 7.11 Å². The lowest BCUT2D eigenvalue weighted by Gasteiger charge is -2.14. The Balaban J connectivity index is 3.88. The summed E-state index contributed by atoms with van der Waals surface area (Å²) in [6, 6.07) is 0.330. The molecule has 0 aliphatic carbocycles. The van der Waals surface area contributed by atoms with Crippen LogP contribution < -0.4 is 5.32 Å². The predicted octanol–water partition coefficient (Wildman–Crippen LogP) is 1.12. The summed E-state index contributed by atoms with van der Waals surface area (Å²) in [5, 5.41) is 3.27. The summed E-state index contributed by atoms with van der Waals surface area (Å²) >= 11 is 0. The van der Waals surface area contributed by atoms with Gasteiger partial charge in [0.15, 0.2) is 0 Å². The van der Waals surface area contributed by atoms with E-state index in [1.807, 2.05) is 6.08 Å². The Morgan fingerprint density at radius 1 is 1.47 bits per heavy atom. The van der Waals surface area contributed by atoms with Crippen LogP contribution >= 0.6 is 0 Å². The molecule has 0 bridgehead atoms. The molecule has 15 heavy (non-hydrogen) atoms. The Labute approximate surface area is 91.6 Å². The van der Waals surface area contributed by atoms with Crippen molar-refractivity contribution in [3.8, 4) is 0 Å². The van der Waals surface area contributed by atoms with Crippen LogP contribution in [0.25, 0.3) is 0 Å². The third kappa shape index (κ3) is 6.25. The molecule has 0 fully saturated rings.